The molecule has 3 aliphatic heterocycles. The van der Waals surface area contributed by atoms with Gasteiger partial charge in [-0.15, -0.1) is 0 Å². The molecule has 3 fully saturated rings. The van der Waals surface area contributed by atoms with Crippen molar-refractivity contribution in [3.63, 3.8) is 0 Å². The summed E-state index contributed by atoms with van der Waals surface area (Å²) in [6.45, 7) is 4.35. The maximum absolute atomic E-state index is 15.1. The third-order valence-electron chi connectivity index (χ3n) is 6.99. The Labute approximate surface area is 199 Å². The summed E-state index contributed by atoms with van der Waals surface area (Å²) in [5.74, 6) is -0.107. The van der Waals surface area contributed by atoms with Crippen LogP contribution in [0.3, 0.4) is 0 Å². The van der Waals surface area contributed by atoms with Crippen LogP contribution < -0.4 is 9.64 Å². The number of rotatable bonds is 4. The molecule has 0 unspecified atom stereocenters. The van der Waals surface area contributed by atoms with Crippen molar-refractivity contribution < 1.29 is 18.6 Å². The maximum atomic E-state index is 15.1. The topological polar surface area (TPSA) is 61.7 Å². The van der Waals surface area contributed by atoms with Gasteiger partial charge in [0, 0.05) is 31.4 Å². The van der Waals surface area contributed by atoms with Crippen LogP contribution in [0.15, 0.2) is 10.5 Å². The van der Waals surface area contributed by atoms with E-state index in [0.717, 1.165) is 25.8 Å². The van der Waals surface area contributed by atoms with Crippen LogP contribution in [-0.4, -0.2) is 70.1 Å². The molecule has 0 aliphatic carbocycles. The molecule has 3 saturated heterocycles. The number of fused-ring (bicyclic) bond motifs is 2. The molecule has 6 nitrogen and oxygen atoms in total. The second-order valence-corrected chi connectivity index (χ2v) is 10.8. The zero-order chi connectivity index (χ0) is 22.7. The van der Waals surface area contributed by atoms with E-state index in [4.69, 9.17) is 16.3 Å². The molecule has 174 valence electrons. The normalized spacial score (nSPS) is 30.8. The first-order chi connectivity index (χ1) is 15.2. The Morgan fingerprint density at radius 3 is 2.88 bits per heavy atom. The minimum absolute atomic E-state index is 0.0503. The molecule has 0 radical (unpaired) electrons. The number of aromatic nitrogens is 2. The number of benzene rings is 1. The molecule has 3 atom stereocenters. The van der Waals surface area contributed by atoms with Crippen LogP contribution >= 0.6 is 27.5 Å². The molecular formula is C22H26BrClF2N4O2. The number of hydrogen-bond donors (Lipinski definition) is 1. The SMILES string of the molecule is C[C@@]1(O)CCCN(c2nc(OC[C@@]34CCCN3C[C@H](F)C4)nc3c(F)c(Br)c(Cl)cc23)C1. The molecule has 4 heterocycles. The standard InChI is InChI=1S/C22H26BrClF2N4O2/c1-21(31)4-2-6-29(11-21)19-14-8-15(24)16(23)17(26)18(14)27-20(28-19)32-12-22-5-3-7-30(22)10-13(25)9-22/h8,13,31H,2-7,9-12H2,1H3/t13-,21-,22+/m1/s1. The smallest absolute Gasteiger partial charge is 0.319 e. The van der Waals surface area contributed by atoms with E-state index in [1.54, 1.807) is 13.0 Å². The summed E-state index contributed by atoms with van der Waals surface area (Å²) in [5, 5.41) is 11.3. The second-order valence-electron chi connectivity index (χ2n) is 9.60. The van der Waals surface area contributed by atoms with Crippen molar-refractivity contribution in [2.75, 3.05) is 37.7 Å². The average molecular weight is 532 g/mol. The third-order valence-corrected chi connectivity index (χ3v) is 8.29. The van der Waals surface area contributed by atoms with Crippen molar-refractivity contribution in [3.8, 4) is 6.01 Å². The quantitative estimate of drug-likeness (QED) is 0.587. The Hall–Kier alpha value is -1.29. The summed E-state index contributed by atoms with van der Waals surface area (Å²) < 4.78 is 35.4. The van der Waals surface area contributed by atoms with Crippen molar-refractivity contribution in [1.29, 1.82) is 0 Å². The number of ether oxygens (including phenoxy) is 1. The first-order valence-electron chi connectivity index (χ1n) is 11.0. The van der Waals surface area contributed by atoms with E-state index in [2.05, 4.69) is 30.8 Å². The van der Waals surface area contributed by atoms with Gasteiger partial charge in [-0.1, -0.05) is 11.6 Å². The highest BCUT2D eigenvalue weighted by Gasteiger charge is 2.49. The van der Waals surface area contributed by atoms with Gasteiger partial charge >= 0.3 is 6.01 Å². The highest BCUT2D eigenvalue weighted by Crippen LogP contribution is 2.41. The zero-order valence-corrected chi connectivity index (χ0v) is 20.2. The molecule has 1 aromatic heterocycles. The lowest BCUT2D eigenvalue weighted by Crippen LogP contribution is -2.46. The molecule has 5 rings (SSSR count). The minimum atomic E-state index is -0.877. The molecule has 0 spiro atoms. The fraction of sp³-hybridized carbons (Fsp3) is 0.636. The van der Waals surface area contributed by atoms with Gasteiger partial charge in [0.15, 0.2) is 5.82 Å². The van der Waals surface area contributed by atoms with Crippen molar-refractivity contribution in [1.82, 2.24) is 14.9 Å². The molecule has 0 bridgehead atoms. The van der Waals surface area contributed by atoms with Gasteiger partial charge in [-0.2, -0.15) is 9.97 Å². The summed E-state index contributed by atoms with van der Waals surface area (Å²) in [4.78, 5) is 13.1. The Balaban J connectivity index is 1.53. The van der Waals surface area contributed by atoms with Crippen LogP contribution in [0.1, 0.15) is 39.0 Å². The first-order valence-corrected chi connectivity index (χ1v) is 12.2. The number of anilines is 1. The Morgan fingerprint density at radius 2 is 2.09 bits per heavy atom. The van der Waals surface area contributed by atoms with Crippen LogP contribution in [0.5, 0.6) is 6.01 Å². The summed E-state index contributed by atoms with van der Waals surface area (Å²) in [7, 11) is 0. The summed E-state index contributed by atoms with van der Waals surface area (Å²) in [5.41, 5.74) is -1.13. The highest BCUT2D eigenvalue weighted by atomic mass is 79.9. The number of alkyl halides is 1. The van der Waals surface area contributed by atoms with Gasteiger partial charge in [0.05, 0.1) is 20.6 Å². The maximum Gasteiger partial charge on any atom is 0.319 e. The Kier molecular flexibility index (Phi) is 5.75. The van der Waals surface area contributed by atoms with E-state index in [-0.39, 0.29) is 33.2 Å². The molecule has 3 aliphatic rings. The fourth-order valence-corrected chi connectivity index (χ4v) is 5.99. The Morgan fingerprint density at radius 1 is 1.31 bits per heavy atom. The zero-order valence-electron chi connectivity index (χ0n) is 17.9. The molecular weight excluding hydrogens is 506 g/mol. The van der Waals surface area contributed by atoms with E-state index in [1.165, 1.54) is 0 Å². The lowest BCUT2D eigenvalue weighted by atomic mass is 9.95. The van der Waals surface area contributed by atoms with Crippen LogP contribution in [0, 0.1) is 5.82 Å². The van der Waals surface area contributed by atoms with Gasteiger partial charge in [0.25, 0.3) is 0 Å². The molecule has 32 heavy (non-hydrogen) atoms. The number of β-amino-alcohol motifs (C(OH)–C–C–N with tert-alkyl or cyclic N) is 1. The molecule has 2 aromatic rings. The summed E-state index contributed by atoms with van der Waals surface area (Å²) >= 11 is 9.43. The van der Waals surface area contributed by atoms with Gasteiger partial charge in [-0.25, -0.2) is 8.78 Å². The van der Waals surface area contributed by atoms with E-state index in [9.17, 15) is 9.50 Å². The lowest BCUT2D eigenvalue weighted by Gasteiger charge is -2.38. The van der Waals surface area contributed by atoms with Crippen LogP contribution in [0.4, 0.5) is 14.6 Å². The van der Waals surface area contributed by atoms with Crippen molar-refractivity contribution in [3.05, 3.63) is 21.4 Å². The number of halogens is 4. The summed E-state index contributed by atoms with van der Waals surface area (Å²) in [6, 6.07) is 1.68. The molecule has 10 heteroatoms. The van der Waals surface area contributed by atoms with Crippen LogP contribution in [0.2, 0.25) is 5.02 Å². The predicted molar refractivity (Wildman–Crippen MR) is 123 cm³/mol. The fourth-order valence-electron chi connectivity index (χ4n) is 5.49. The highest BCUT2D eigenvalue weighted by molar-refractivity contribution is 9.10. The largest absolute Gasteiger partial charge is 0.461 e. The average Bonchev–Trinajstić information content (AvgIpc) is 3.25. The van der Waals surface area contributed by atoms with E-state index < -0.39 is 17.6 Å². The van der Waals surface area contributed by atoms with Gasteiger partial charge in [0.1, 0.15) is 24.1 Å². The van der Waals surface area contributed by atoms with Crippen LogP contribution in [0.25, 0.3) is 10.9 Å². The van der Waals surface area contributed by atoms with Gasteiger partial charge < -0.3 is 14.7 Å². The molecule has 1 aromatic carbocycles. The van der Waals surface area contributed by atoms with Gasteiger partial charge in [-0.3, -0.25) is 4.90 Å². The first kappa shape index (κ1) is 22.5. The van der Waals surface area contributed by atoms with E-state index >= 15 is 4.39 Å². The molecule has 0 amide bonds. The van der Waals surface area contributed by atoms with Gasteiger partial charge in [-0.05, 0) is 61.1 Å². The minimum Gasteiger partial charge on any atom is -0.461 e. The molecule has 1 N–H and O–H groups in total. The van der Waals surface area contributed by atoms with Crippen molar-refractivity contribution >= 4 is 44.3 Å². The van der Waals surface area contributed by atoms with Gasteiger partial charge in [0.2, 0.25) is 0 Å². The monoisotopic (exact) mass is 530 g/mol. The second kappa shape index (κ2) is 8.18. The van der Waals surface area contributed by atoms with Crippen molar-refractivity contribution in [2.24, 2.45) is 0 Å². The number of aliphatic hydroxyl groups is 1. The van der Waals surface area contributed by atoms with Crippen molar-refractivity contribution in [2.45, 2.75) is 56.3 Å². The van der Waals surface area contributed by atoms with E-state index in [0.29, 0.717) is 43.7 Å². The number of nitrogens with zero attached hydrogens (tertiary/aromatic N) is 4. The number of piperidine rings is 1. The Bertz CT molecular complexity index is 1060. The third kappa shape index (κ3) is 3.95. The van der Waals surface area contributed by atoms with E-state index in [1.807, 2.05) is 4.90 Å². The lowest BCUT2D eigenvalue weighted by molar-refractivity contribution is 0.0447. The molecule has 0 saturated carbocycles. The van der Waals surface area contributed by atoms with Crippen LogP contribution in [-0.2, 0) is 0 Å². The summed E-state index contributed by atoms with van der Waals surface area (Å²) in [6.07, 6.45) is 2.88. The number of hydrogen-bond acceptors (Lipinski definition) is 6. The predicted octanol–water partition coefficient (Wildman–Crippen LogP) is 4.49.